The number of para-hydroxylation sites is 4. The molecular weight excluding hydrogens is 885 g/mol. The van der Waals surface area contributed by atoms with Gasteiger partial charge in [0.05, 0.1) is 11.0 Å². The van der Waals surface area contributed by atoms with Gasteiger partial charge in [0.1, 0.15) is 11.2 Å². The van der Waals surface area contributed by atoms with Gasteiger partial charge in [-0.1, -0.05) is 206 Å². The summed E-state index contributed by atoms with van der Waals surface area (Å²) in [6.07, 6.45) is 0. The van der Waals surface area contributed by atoms with Crippen molar-refractivity contribution < 1.29 is 4.42 Å². The van der Waals surface area contributed by atoms with E-state index in [0.29, 0.717) is 0 Å². The van der Waals surface area contributed by atoms with Gasteiger partial charge in [0.25, 0.3) is 0 Å². The van der Waals surface area contributed by atoms with Gasteiger partial charge in [-0.05, 0) is 134 Å². The average molecular weight is 931 g/mol. The summed E-state index contributed by atoms with van der Waals surface area (Å²) in [5.41, 5.74) is 20.1. The fraction of sp³-hybridized carbons (Fsp3) is 0. The molecule has 0 N–H and O–H groups in total. The molecule has 0 amide bonds. The molecule has 0 fully saturated rings. The van der Waals surface area contributed by atoms with E-state index >= 15 is 0 Å². The van der Waals surface area contributed by atoms with Gasteiger partial charge in [-0.3, -0.25) is 0 Å². The molecule has 0 unspecified atom stereocenters. The lowest BCUT2D eigenvalue weighted by Crippen LogP contribution is -2.09. The molecule has 3 heteroatoms. The Morgan fingerprint density at radius 1 is 0.274 bits per heavy atom. The lowest BCUT2D eigenvalue weighted by Gasteiger charge is -2.26. The zero-order valence-electron chi connectivity index (χ0n) is 39.9. The first-order valence-corrected chi connectivity index (χ1v) is 25.0. The minimum atomic E-state index is 0.898. The third kappa shape index (κ3) is 7.37. The molecule has 342 valence electrons. The van der Waals surface area contributed by atoms with E-state index in [0.717, 1.165) is 66.9 Å². The van der Waals surface area contributed by atoms with Crippen molar-refractivity contribution in [3.05, 3.63) is 279 Å². The fourth-order valence-corrected chi connectivity index (χ4v) is 11.1. The maximum atomic E-state index is 6.49. The van der Waals surface area contributed by atoms with E-state index in [-0.39, 0.29) is 0 Å². The molecule has 14 rings (SSSR count). The van der Waals surface area contributed by atoms with Gasteiger partial charge in [-0.25, -0.2) is 0 Å². The number of furan rings is 1. The maximum Gasteiger partial charge on any atom is 0.143 e. The smallest absolute Gasteiger partial charge is 0.143 e. The highest BCUT2D eigenvalue weighted by Crippen LogP contribution is 2.43. The summed E-state index contributed by atoms with van der Waals surface area (Å²) in [6, 6.07) is 101. The molecule has 2 heterocycles. The van der Waals surface area contributed by atoms with Gasteiger partial charge in [-0.2, -0.15) is 0 Å². The van der Waals surface area contributed by atoms with Crippen molar-refractivity contribution >= 4 is 71.6 Å². The number of hydrogen-bond donors (Lipinski definition) is 0. The van der Waals surface area contributed by atoms with E-state index in [1.165, 1.54) is 66.0 Å². The van der Waals surface area contributed by atoms with Crippen LogP contribution in [0.2, 0.25) is 0 Å². The molecule has 0 bridgehead atoms. The van der Waals surface area contributed by atoms with Crippen LogP contribution >= 0.6 is 0 Å². The van der Waals surface area contributed by atoms with Gasteiger partial charge in [0.15, 0.2) is 0 Å². The van der Waals surface area contributed by atoms with E-state index in [1.54, 1.807) is 0 Å². The molecule has 0 aliphatic carbocycles. The molecule has 0 radical (unpaired) electrons. The first-order chi connectivity index (χ1) is 36.2. The van der Waals surface area contributed by atoms with Gasteiger partial charge in [0, 0.05) is 49.9 Å². The van der Waals surface area contributed by atoms with Crippen molar-refractivity contribution in [1.82, 2.24) is 4.57 Å². The monoisotopic (exact) mass is 930 g/mol. The summed E-state index contributed by atoms with van der Waals surface area (Å²) in [6.45, 7) is 0. The minimum Gasteiger partial charge on any atom is -0.455 e. The number of aromatic nitrogens is 1. The first kappa shape index (κ1) is 42.2. The second-order valence-electron chi connectivity index (χ2n) is 18.8. The maximum absolute atomic E-state index is 6.49. The quantitative estimate of drug-likeness (QED) is 0.144. The van der Waals surface area contributed by atoms with Crippen LogP contribution in [0.4, 0.5) is 17.1 Å². The molecule has 73 heavy (non-hydrogen) atoms. The van der Waals surface area contributed by atoms with Crippen LogP contribution in [0, 0.1) is 0 Å². The van der Waals surface area contributed by atoms with Crippen LogP contribution in [0.25, 0.3) is 116 Å². The Labute approximate surface area is 423 Å². The lowest BCUT2D eigenvalue weighted by atomic mass is 9.90. The van der Waals surface area contributed by atoms with Crippen LogP contribution in [0.5, 0.6) is 0 Å². The SMILES string of the molecule is c1ccc(-c2ccc(-c3cccc(-n4c5ccccc5c5ccccc54)c3)c(-c3ccc(N(c4ccc(-c5cccc6ccccc56)cc4)c4ccc(-c5cccc6c5oc5ccccc56)cc4)cc3)c2)cc1. The summed E-state index contributed by atoms with van der Waals surface area (Å²) in [4.78, 5) is 2.36. The summed E-state index contributed by atoms with van der Waals surface area (Å²) >= 11 is 0. The van der Waals surface area contributed by atoms with Crippen molar-refractivity contribution in [2.75, 3.05) is 4.90 Å². The molecule has 0 atom stereocenters. The van der Waals surface area contributed by atoms with E-state index in [2.05, 4.69) is 276 Å². The van der Waals surface area contributed by atoms with Crippen molar-refractivity contribution in [1.29, 1.82) is 0 Å². The van der Waals surface area contributed by atoms with Crippen LogP contribution in [-0.2, 0) is 0 Å². The Balaban J connectivity index is 0.882. The van der Waals surface area contributed by atoms with Crippen LogP contribution < -0.4 is 4.90 Å². The topological polar surface area (TPSA) is 21.3 Å². The van der Waals surface area contributed by atoms with Crippen molar-refractivity contribution in [3.63, 3.8) is 0 Å². The third-order valence-corrected chi connectivity index (χ3v) is 14.6. The van der Waals surface area contributed by atoms with Gasteiger partial charge in [-0.15, -0.1) is 0 Å². The first-order valence-electron chi connectivity index (χ1n) is 25.0. The van der Waals surface area contributed by atoms with Gasteiger partial charge in [0.2, 0.25) is 0 Å². The Morgan fingerprint density at radius 3 is 1.47 bits per heavy atom. The van der Waals surface area contributed by atoms with Gasteiger partial charge >= 0.3 is 0 Å². The molecule has 0 spiro atoms. The number of anilines is 3. The number of benzene rings is 12. The predicted molar refractivity (Wildman–Crippen MR) is 307 cm³/mol. The highest BCUT2D eigenvalue weighted by Gasteiger charge is 2.19. The lowest BCUT2D eigenvalue weighted by molar-refractivity contribution is 0.670. The summed E-state index contributed by atoms with van der Waals surface area (Å²) in [5.74, 6) is 0. The number of fused-ring (bicyclic) bond motifs is 7. The predicted octanol–water partition coefficient (Wildman–Crippen LogP) is 19.6. The molecule has 12 aromatic carbocycles. The van der Waals surface area contributed by atoms with Gasteiger partial charge < -0.3 is 13.9 Å². The number of hydrogen-bond acceptors (Lipinski definition) is 2. The Hall–Kier alpha value is -9.70. The molecule has 14 aromatic rings. The van der Waals surface area contributed by atoms with E-state index < -0.39 is 0 Å². The van der Waals surface area contributed by atoms with Crippen LogP contribution in [0.15, 0.2) is 283 Å². The molecule has 3 nitrogen and oxygen atoms in total. The van der Waals surface area contributed by atoms with Crippen LogP contribution in [-0.4, -0.2) is 4.57 Å². The zero-order valence-corrected chi connectivity index (χ0v) is 39.9. The van der Waals surface area contributed by atoms with E-state index in [4.69, 9.17) is 4.42 Å². The minimum absolute atomic E-state index is 0.898. The Bertz CT molecular complexity index is 4300. The molecular formula is C70H46N2O. The fourth-order valence-electron chi connectivity index (χ4n) is 11.1. The zero-order chi connectivity index (χ0) is 48.2. The summed E-state index contributed by atoms with van der Waals surface area (Å²) in [5, 5.41) is 7.24. The molecule has 0 saturated carbocycles. The standard InChI is InChI=1S/C70H46N2O/c1-2-15-47(16-3-1)52-37-44-60(53-19-12-20-57(45-53)72-67-28-9-6-22-62(67)63-23-7-10-29-68(63)72)66(46-52)51-35-42-56(43-36-51)71(54-38-31-49(32-39-54)59-25-13-18-48-17-4-5-21-58(48)59)55-40-33-50(34-41-55)61-26-14-27-65-64-24-8-11-30-69(64)73-70(61)65/h1-46H. The number of rotatable bonds is 9. The highest BCUT2D eigenvalue weighted by atomic mass is 16.3. The van der Waals surface area contributed by atoms with Crippen LogP contribution in [0.1, 0.15) is 0 Å². The second kappa shape index (κ2) is 17.6. The normalized spacial score (nSPS) is 11.6. The van der Waals surface area contributed by atoms with Crippen molar-refractivity contribution in [3.8, 4) is 61.3 Å². The van der Waals surface area contributed by atoms with Crippen molar-refractivity contribution in [2.45, 2.75) is 0 Å². The molecule has 0 aliphatic rings. The Morgan fingerprint density at radius 2 is 0.767 bits per heavy atom. The average Bonchev–Trinajstić information content (AvgIpc) is 4.02. The third-order valence-electron chi connectivity index (χ3n) is 14.6. The highest BCUT2D eigenvalue weighted by molar-refractivity contribution is 6.10. The van der Waals surface area contributed by atoms with Crippen molar-refractivity contribution in [2.24, 2.45) is 0 Å². The summed E-state index contributed by atoms with van der Waals surface area (Å²) < 4.78 is 8.89. The molecule has 0 aliphatic heterocycles. The van der Waals surface area contributed by atoms with Crippen LogP contribution in [0.3, 0.4) is 0 Å². The molecule has 0 saturated heterocycles. The summed E-state index contributed by atoms with van der Waals surface area (Å²) in [7, 11) is 0. The number of nitrogens with zero attached hydrogens (tertiary/aromatic N) is 2. The van der Waals surface area contributed by atoms with E-state index in [1.807, 2.05) is 12.1 Å². The largest absolute Gasteiger partial charge is 0.455 e. The Kier molecular flexibility index (Phi) is 10.2. The van der Waals surface area contributed by atoms with E-state index in [9.17, 15) is 0 Å². The molecule has 2 aromatic heterocycles. The second-order valence-corrected chi connectivity index (χ2v) is 18.8.